The van der Waals surface area contributed by atoms with Gasteiger partial charge < -0.3 is 20.5 Å². The highest BCUT2D eigenvalue weighted by molar-refractivity contribution is 5.79. The first-order valence-electron chi connectivity index (χ1n) is 14.0. The second-order valence-electron chi connectivity index (χ2n) is 10.4. The maximum Gasteiger partial charge on any atom is 0.308 e. The highest BCUT2D eigenvalue weighted by Gasteiger charge is 2.47. The second kappa shape index (κ2) is 13.7. The number of fused-ring (bicyclic) bond motifs is 1. The van der Waals surface area contributed by atoms with Crippen molar-refractivity contribution < 1.29 is 19.4 Å². The third-order valence-electron chi connectivity index (χ3n) is 7.81. The van der Waals surface area contributed by atoms with E-state index in [0.29, 0.717) is 51.5 Å². The van der Waals surface area contributed by atoms with E-state index in [1.54, 1.807) is 18.5 Å². The number of ether oxygens (including phenoxy) is 1. The molecule has 0 radical (unpaired) electrons. The van der Waals surface area contributed by atoms with Crippen molar-refractivity contribution in [1.82, 2.24) is 19.8 Å². The van der Waals surface area contributed by atoms with Gasteiger partial charge in [-0.2, -0.15) is 0 Å². The summed E-state index contributed by atoms with van der Waals surface area (Å²) in [5, 5.41) is 10.4. The molecule has 1 aromatic carbocycles. The van der Waals surface area contributed by atoms with E-state index in [1.807, 2.05) is 17.0 Å². The van der Waals surface area contributed by atoms with Crippen LogP contribution in [-0.4, -0.2) is 82.1 Å². The number of likely N-dealkylation sites (tertiary alicyclic amines) is 1. The van der Waals surface area contributed by atoms with Gasteiger partial charge in [-0.3, -0.25) is 14.5 Å². The molecule has 0 aliphatic carbocycles. The van der Waals surface area contributed by atoms with Gasteiger partial charge in [-0.15, -0.1) is 0 Å². The number of aliphatic carboxylic acids is 1. The number of aromatic nitrogens is 2. The monoisotopic (exact) mass is 523 g/mol. The van der Waals surface area contributed by atoms with E-state index >= 15 is 0 Å². The number of nitrogens with zero attached hydrogens (tertiary/aromatic N) is 4. The predicted molar refractivity (Wildman–Crippen MR) is 145 cm³/mol. The van der Waals surface area contributed by atoms with E-state index in [9.17, 15) is 14.7 Å². The van der Waals surface area contributed by atoms with Crippen LogP contribution in [-0.2, 0) is 22.4 Å². The molecule has 0 bridgehead atoms. The Bertz CT molecular complexity index is 1070. The van der Waals surface area contributed by atoms with Crippen LogP contribution in [0.15, 0.2) is 36.7 Å². The van der Waals surface area contributed by atoms with E-state index in [2.05, 4.69) is 27.9 Å². The van der Waals surface area contributed by atoms with Gasteiger partial charge in [-0.1, -0.05) is 25.5 Å². The normalized spacial score (nSPS) is 20.7. The van der Waals surface area contributed by atoms with Gasteiger partial charge in [0.15, 0.2) is 0 Å². The highest BCUT2D eigenvalue weighted by Crippen LogP contribution is 2.41. The first kappa shape index (κ1) is 28.0. The zero-order valence-corrected chi connectivity index (χ0v) is 22.4. The van der Waals surface area contributed by atoms with Gasteiger partial charge in [0.05, 0.1) is 19.1 Å². The smallest absolute Gasteiger partial charge is 0.308 e. The first-order valence-corrected chi connectivity index (χ1v) is 14.0. The van der Waals surface area contributed by atoms with E-state index in [0.717, 1.165) is 49.0 Å². The minimum Gasteiger partial charge on any atom is -0.493 e. The number of carboxylic acid groups (broad SMARTS) is 1. The highest BCUT2D eigenvalue weighted by atomic mass is 16.5. The summed E-state index contributed by atoms with van der Waals surface area (Å²) in [6, 6.07) is 7.53. The molecule has 0 saturated carbocycles. The molecule has 206 valence electrons. The molecular weight excluding hydrogens is 482 g/mol. The van der Waals surface area contributed by atoms with Crippen molar-refractivity contribution in [1.29, 1.82) is 0 Å². The SMILES string of the molecule is CCCCN(CCCCN)C(=O)CN1CC(c2ccc3c(c2)CCO3)C(C(=O)O)C1CCc1ncccn1. The number of nitrogens with two attached hydrogens (primary N) is 1. The van der Waals surface area contributed by atoms with E-state index < -0.39 is 11.9 Å². The van der Waals surface area contributed by atoms with Crippen LogP contribution in [0.3, 0.4) is 0 Å². The second-order valence-corrected chi connectivity index (χ2v) is 10.4. The molecule has 3 heterocycles. The number of unbranched alkanes of at least 4 members (excludes halogenated alkanes) is 2. The molecule has 1 saturated heterocycles. The van der Waals surface area contributed by atoms with Crippen molar-refractivity contribution in [3.05, 3.63) is 53.6 Å². The Balaban J connectivity index is 1.57. The molecule has 2 aromatic rings. The summed E-state index contributed by atoms with van der Waals surface area (Å²) in [4.78, 5) is 39.0. The van der Waals surface area contributed by atoms with Crippen LogP contribution in [0.2, 0.25) is 0 Å². The molecule has 9 nitrogen and oxygen atoms in total. The van der Waals surface area contributed by atoms with Gasteiger partial charge in [-0.25, -0.2) is 9.97 Å². The molecule has 2 aliphatic rings. The average molecular weight is 524 g/mol. The lowest BCUT2D eigenvalue weighted by molar-refractivity contribution is -0.143. The van der Waals surface area contributed by atoms with Gasteiger partial charge in [0.2, 0.25) is 5.91 Å². The Morgan fingerprint density at radius 1 is 1.18 bits per heavy atom. The standard InChI is InChI=1S/C29H41N5O4/c1-2-3-15-33(16-5-4-12-30)27(35)20-34-19-23(21-7-9-25-22(18-21)11-17-38-25)28(29(36)37)24(34)8-10-26-31-13-6-14-32-26/h6-7,9,13-14,18,23-24,28H,2-5,8,10-12,15-17,19-20,30H2,1H3,(H,36,37). The molecular formula is C29H41N5O4. The minimum atomic E-state index is -0.827. The maximum atomic E-state index is 13.6. The van der Waals surface area contributed by atoms with Crippen LogP contribution in [0.1, 0.15) is 61.9 Å². The van der Waals surface area contributed by atoms with Crippen LogP contribution in [0.5, 0.6) is 5.75 Å². The fraction of sp³-hybridized carbons (Fsp3) is 0.586. The molecule has 38 heavy (non-hydrogen) atoms. The van der Waals surface area contributed by atoms with Crippen LogP contribution in [0.4, 0.5) is 0 Å². The minimum absolute atomic E-state index is 0.0589. The van der Waals surface area contributed by atoms with E-state index in [1.165, 1.54) is 0 Å². The number of carbonyl (C=O) groups is 2. The van der Waals surface area contributed by atoms with Crippen LogP contribution in [0.25, 0.3) is 0 Å². The number of aryl methyl sites for hydroxylation is 1. The Morgan fingerprint density at radius 2 is 1.97 bits per heavy atom. The number of hydrogen-bond acceptors (Lipinski definition) is 7. The summed E-state index contributed by atoms with van der Waals surface area (Å²) in [6.07, 6.45) is 9.07. The molecule has 1 aromatic heterocycles. The molecule has 4 rings (SSSR count). The molecule has 3 N–H and O–H groups in total. The van der Waals surface area contributed by atoms with Crippen molar-refractivity contribution in [3.8, 4) is 5.75 Å². The Kier molecular flexibility index (Phi) is 10.1. The van der Waals surface area contributed by atoms with Gasteiger partial charge >= 0.3 is 5.97 Å². The Morgan fingerprint density at radius 3 is 2.71 bits per heavy atom. The van der Waals surface area contributed by atoms with Gasteiger partial charge in [-0.05, 0) is 55.5 Å². The molecule has 0 spiro atoms. The summed E-state index contributed by atoms with van der Waals surface area (Å²) in [7, 11) is 0. The summed E-state index contributed by atoms with van der Waals surface area (Å²) in [5.41, 5.74) is 7.81. The fourth-order valence-electron chi connectivity index (χ4n) is 5.79. The third-order valence-corrected chi connectivity index (χ3v) is 7.81. The van der Waals surface area contributed by atoms with Crippen LogP contribution < -0.4 is 10.5 Å². The number of rotatable bonds is 14. The summed E-state index contributed by atoms with van der Waals surface area (Å²) >= 11 is 0. The van der Waals surface area contributed by atoms with Gasteiger partial charge in [0.25, 0.3) is 0 Å². The molecule has 3 atom stereocenters. The lowest BCUT2D eigenvalue weighted by Crippen LogP contribution is -2.45. The van der Waals surface area contributed by atoms with Crippen molar-refractivity contribution in [2.24, 2.45) is 11.7 Å². The summed E-state index contributed by atoms with van der Waals surface area (Å²) in [6.45, 7) is 5.52. The van der Waals surface area contributed by atoms with Crippen molar-refractivity contribution in [2.45, 2.75) is 63.8 Å². The molecule has 9 heteroatoms. The topological polar surface area (TPSA) is 122 Å². The third kappa shape index (κ3) is 6.88. The van der Waals surface area contributed by atoms with Gasteiger partial charge in [0.1, 0.15) is 11.6 Å². The number of carbonyl (C=O) groups excluding carboxylic acids is 1. The number of carboxylic acids is 1. The zero-order valence-electron chi connectivity index (χ0n) is 22.4. The average Bonchev–Trinajstić information content (AvgIpc) is 3.54. The number of benzene rings is 1. The van der Waals surface area contributed by atoms with Crippen molar-refractivity contribution in [3.63, 3.8) is 0 Å². The van der Waals surface area contributed by atoms with E-state index in [4.69, 9.17) is 10.5 Å². The maximum absolute atomic E-state index is 13.6. The van der Waals surface area contributed by atoms with Crippen LogP contribution in [0, 0.1) is 5.92 Å². The Hall–Kier alpha value is -3.04. The molecule has 1 fully saturated rings. The molecule has 2 aliphatic heterocycles. The Labute approximate surface area is 225 Å². The predicted octanol–water partition coefficient (Wildman–Crippen LogP) is 2.88. The fourth-order valence-corrected chi connectivity index (χ4v) is 5.79. The van der Waals surface area contributed by atoms with E-state index in [-0.39, 0.29) is 24.4 Å². The molecule has 3 unspecified atom stereocenters. The zero-order chi connectivity index (χ0) is 26.9. The summed E-state index contributed by atoms with van der Waals surface area (Å²) < 4.78 is 5.67. The lowest BCUT2D eigenvalue weighted by Gasteiger charge is -2.29. The van der Waals surface area contributed by atoms with Crippen LogP contribution >= 0.6 is 0 Å². The summed E-state index contributed by atoms with van der Waals surface area (Å²) in [5.74, 6) is -0.0441. The molecule has 1 amide bonds. The van der Waals surface area contributed by atoms with Crippen molar-refractivity contribution in [2.75, 3.05) is 39.3 Å². The largest absolute Gasteiger partial charge is 0.493 e. The van der Waals surface area contributed by atoms with Gasteiger partial charge in [0, 0.05) is 56.8 Å². The lowest BCUT2D eigenvalue weighted by atomic mass is 9.83. The first-order chi connectivity index (χ1) is 18.5. The number of amides is 1. The number of hydrogen-bond donors (Lipinski definition) is 2. The quantitative estimate of drug-likeness (QED) is 0.363. The van der Waals surface area contributed by atoms with Crippen molar-refractivity contribution >= 4 is 11.9 Å².